The van der Waals surface area contributed by atoms with Crippen LogP contribution in [-0.2, 0) is 6.42 Å². The molecule has 3 rings (SSSR count). The number of halogens is 1. The van der Waals surface area contributed by atoms with Crippen molar-refractivity contribution in [2.24, 2.45) is 5.10 Å². The van der Waals surface area contributed by atoms with Crippen LogP contribution in [0.4, 0.5) is 0 Å². The summed E-state index contributed by atoms with van der Waals surface area (Å²) in [6.07, 6.45) is 0.684. The molecule has 1 aromatic heterocycles. The van der Waals surface area contributed by atoms with E-state index in [1.54, 1.807) is 4.79 Å². The maximum absolute atomic E-state index is 6.16. The van der Waals surface area contributed by atoms with Gasteiger partial charge in [0.15, 0.2) is 11.6 Å². The van der Waals surface area contributed by atoms with Gasteiger partial charge in [0.25, 0.3) is 0 Å². The van der Waals surface area contributed by atoms with Gasteiger partial charge in [-0.1, -0.05) is 43.6 Å². The van der Waals surface area contributed by atoms with Gasteiger partial charge in [-0.25, -0.2) is 4.98 Å². The Morgan fingerprint density at radius 1 is 1.28 bits per heavy atom. The van der Waals surface area contributed by atoms with E-state index in [-0.39, 0.29) is 0 Å². The fourth-order valence-corrected chi connectivity index (χ4v) is 2.18. The summed E-state index contributed by atoms with van der Waals surface area (Å²) in [6.45, 7) is 4.15. The standard InChI is InChI=1S/C13H13ClN4/c1-8(2)13-15-12-7-11(16-18(12)17-13)9-5-3-4-6-10(9)14/h3-6,8H,7H2,1-2H3. The SMILES string of the molecule is CC(C)c1nc2n(n1)N=C(c1ccccc1Cl)C2. The van der Waals surface area contributed by atoms with Gasteiger partial charge in [0, 0.05) is 16.5 Å². The lowest BCUT2D eigenvalue weighted by molar-refractivity contribution is 0.694. The lowest BCUT2D eigenvalue weighted by Gasteiger charge is -2.01. The highest BCUT2D eigenvalue weighted by atomic mass is 35.5. The van der Waals surface area contributed by atoms with E-state index in [1.807, 2.05) is 24.3 Å². The number of hydrogen-bond donors (Lipinski definition) is 0. The van der Waals surface area contributed by atoms with Crippen LogP contribution in [-0.4, -0.2) is 20.6 Å². The summed E-state index contributed by atoms with van der Waals surface area (Å²) in [5, 5.41) is 9.55. The van der Waals surface area contributed by atoms with Crippen LogP contribution in [0.15, 0.2) is 29.4 Å². The van der Waals surface area contributed by atoms with Crippen molar-refractivity contribution in [2.45, 2.75) is 26.2 Å². The normalized spacial score (nSPS) is 13.9. The Kier molecular flexibility index (Phi) is 2.67. The molecule has 0 spiro atoms. The fraction of sp³-hybridized carbons (Fsp3) is 0.308. The van der Waals surface area contributed by atoms with Crippen LogP contribution < -0.4 is 0 Å². The molecule has 0 unspecified atom stereocenters. The molecular weight excluding hydrogens is 248 g/mol. The third-order valence-corrected chi connectivity index (χ3v) is 3.24. The topological polar surface area (TPSA) is 43.1 Å². The van der Waals surface area contributed by atoms with E-state index >= 15 is 0 Å². The molecule has 1 aliphatic heterocycles. The van der Waals surface area contributed by atoms with Crippen molar-refractivity contribution >= 4 is 17.3 Å². The van der Waals surface area contributed by atoms with E-state index in [1.165, 1.54) is 0 Å². The van der Waals surface area contributed by atoms with Gasteiger partial charge in [0.05, 0.1) is 12.1 Å². The van der Waals surface area contributed by atoms with Gasteiger partial charge in [0.1, 0.15) is 0 Å². The van der Waals surface area contributed by atoms with Crippen LogP contribution in [0.25, 0.3) is 0 Å². The molecule has 5 heteroatoms. The van der Waals surface area contributed by atoms with Crippen molar-refractivity contribution in [2.75, 3.05) is 0 Å². The minimum Gasteiger partial charge on any atom is -0.213 e. The average molecular weight is 261 g/mol. The summed E-state index contributed by atoms with van der Waals surface area (Å²) >= 11 is 6.16. The zero-order valence-corrected chi connectivity index (χ0v) is 11.0. The molecule has 0 saturated carbocycles. The number of aromatic nitrogens is 3. The van der Waals surface area contributed by atoms with Gasteiger partial charge in [-0.3, -0.25) is 0 Å². The summed E-state index contributed by atoms with van der Waals surface area (Å²) in [7, 11) is 0. The first-order chi connectivity index (χ1) is 8.65. The summed E-state index contributed by atoms with van der Waals surface area (Å²) in [5.41, 5.74) is 1.88. The largest absolute Gasteiger partial charge is 0.213 e. The predicted molar refractivity (Wildman–Crippen MR) is 71.2 cm³/mol. The molecule has 92 valence electrons. The molecule has 0 fully saturated rings. The molecule has 1 aliphatic rings. The quantitative estimate of drug-likeness (QED) is 0.833. The van der Waals surface area contributed by atoms with Crippen molar-refractivity contribution in [1.82, 2.24) is 14.9 Å². The molecule has 0 N–H and O–H groups in total. The van der Waals surface area contributed by atoms with Crippen LogP contribution in [0, 0.1) is 0 Å². The first-order valence-electron chi connectivity index (χ1n) is 5.93. The van der Waals surface area contributed by atoms with Crippen molar-refractivity contribution < 1.29 is 0 Å². The minimum atomic E-state index is 0.321. The zero-order chi connectivity index (χ0) is 12.7. The maximum atomic E-state index is 6.16. The first-order valence-corrected chi connectivity index (χ1v) is 6.31. The molecule has 0 saturated heterocycles. The van der Waals surface area contributed by atoms with Gasteiger partial charge in [-0.05, 0) is 6.07 Å². The van der Waals surface area contributed by atoms with E-state index in [0.717, 1.165) is 22.9 Å². The predicted octanol–water partition coefficient (Wildman–Crippen LogP) is 2.86. The summed E-state index contributed by atoms with van der Waals surface area (Å²) in [4.78, 5) is 6.11. The van der Waals surface area contributed by atoms with Crippen LogP contribution in [0.2, 0.25) is 5.02 Å². The molecule has 4 nitrogen and oxygen atoms in total. The summed E-state index contributed by atoms with van der Waals surface area (Å²) < 4.78 is 0. The van der Waals surface area contributed by atoms with Crippen LogP contribution >= 0.6 is 11.6 Å². The number of rotatable bonds is 2. The highest BCUT2D eigenvalue weighted by Gasteiger charge is 2.22. The smallest absolute Gasteiger partial charge is 0.159 e. The fourth-order valence-electron chi connectivity index (χ4n) is 1.93. The second kappa shape index (κ2) is 4.21. The zero-order valence-electron chi connectivity index (χ0n) is 10.3. The van der Waals surface area contributed by atoms with Crippen LogP contribution in [0.3, 0.4) is 0 Å². The number of nitrogens with zero attached hydrogens (tertiary/aromatic N) is 4. The Labute approximate surface area is 110 Å². The molecule has 0 aliphatic carbocycles. The molecule has 1 aromatic carbocycles. The Hall–Kier alpha value is -1.68. The Balaban J connectivity index is 1.97. The van der Waals surface area contributed by atoms with E-state index in [0.29, 0.717) is 17.4 Å². The second-order valence-corrected chi connectivity index (χ2v) is 5.04. The second-order valence-electron chi connectivity index (χ2n) is 4.63. The summed E-state index contributed by atoms with van der Waals surface area (Å²) in [5.74, 6) is 2.04. The molecule has 0 amide bonds. The molecular formula is C13H13ClN4. The van der Waals surface area contributed by atoms with Crippen LogP contribution in [0.5, 0.6) is 0 Å². The lowest BCUT2D eigenvalue weighted by atomic mass is 10.1. The number of hydrogen-bond acceptors (Lipinski definition) is 3. The molecule has 0 radical (unpaired) electrons. The number of fused-ring (bicyclic) bond motifs is 1. The third kappa shape index (κ3) is 1.82. The van der Waals surface area contributed by atoms with Crippen LogP contribution in [0.1, 0.15) is 37.0 Å². The lowest BCUT2D eigenvalue weighted by Crippen LogP contribution is -2.02. The number of benzene rings is 1. The van der Waals surface area contributed by atoms with Crippen molar-refractivity contribution in [1.29, 1.82) is 0 Å². The Bertz CT molecular complexity index is 628. The van der Waals surface area contributed by atoms with Gasteiger partial charge >= 0.3 is 0 Å². The molecule has 0 atom stereocenters. The van der Waals surface area contributed by atoms with Gasteiger partial charge in [-0.2, -0.15) is 5.10 Å². The van der Waals surface area contributed by atoms with Crippen molar-refractivity contribution in [3.8, 4) is 0 Å². The third-order valence-electron chi connectivity index (χ3n) is 2.91. The monoisotopic (exact) mass is 260 g/mol. The highest BCUT2D eigenvalue weighted by molar-refractivity contribution is 6.34. The Morgan fingerprint density at radius 2 is 2.06 bits per heavy atom. The molecule has 0 bridgehead atoms. The van der Waals surface area contributed by atoms with E-state index in [2.05, 4.69) is 29.0 Å². The van der Waals surface area contributed by atoms with Gasteiger partial charge in [-0.15, -0.1) is 9.89 Å². The maximum Gasteiger partial charge on any atom is 0.159 e. The first kappa shape index (κ1) is 11.4. The average Bonchev–Trinajstić information content (AvgIpc) is 2.87. The van der Waals surface area contributed by atoms with Crippen molar-refractivity contribution in [3.63, 3.8) is 0 Å². The minimum absolute atomic E-state index is 0.321. The highest BCUT2D eigenvalue weighted by Crippen LogP contribution is 2.22. The van der Waals surface area contributed by atoms with E-state index in [9.17, 15) is 0 Å². The van der Waals surface area contributed by atoms with Gasteiger partial charge < -0.3 is 0 Å². The Morgan fingerprint density at radius 3 is 2.72 bits per heavy atom. The van der Waals surface area contributed by atoms with Crippen molar-refractivity contribution in [3.05, 3.63) is 46.5 Å². The van der Waals surface area contributed by atoms with Gasteiger partial charge in [0.2, 0.25) is 0 Å². The molecule has 2 aromatic rings. The summed E-state index contributed by atoms with van der Waals surface area (Å²) in [6, 6.07) is 7.71. The van der Waals surface area contributed by atoms with E-state index < -0.39 is 0 Å². The molecule has 2 heterocycles. The van der Waals surface area contributed by atoms with E-state index in [4.69, 9.17) is 11.6 Å². The molecule has 18 heavy (non-hydrogen) atoms.